The topological polar surface area (TPSA) is 81.3 Å². The second-order valence-electron chi connectivity index (χ2n) is 7.65. The van der Waals surface area contributed by atoms with E-state index in [9.17, 15) is 4.79 Å². The summed E-state index contributed by atoms with van der Waals surface area (Å²) in [6, 6.07) is 12.8. The molecule has 0 spiro atoms. The zero-order valence-corrected chi connectivity index (χ0v) is 18.6. The van der Waals surface area contributed by atoms with Gasteiger partial charge in [-0.3, -0.25) is 0 Å². The molecule has 2 fully saturated rings. The SMILES string of the molecule is NC(=O)N1[C@@H]2CC[C@H]1CC([As]Cc1ccc(Oc3nc4ncccc4s3)cc1)C2. The van der Waals surface area contributed by atoms with Crippen molar-refractivity contribution < 1.29 is 9.53 Å². The first-order valence-corrected chi connectivity index (χ1v) is 13.1. The van der Waals surface area contributed by atoms with Crippen LogP contribution in [0.1, 0.15) is 31.2 Å². The predicted octanol–water partition coefficient (Wildman–Crippen LogP) is 4.18. The number of aromatic nitrogens is 2. The van der Waals surface area contributed by atoms with Crippen molar-refractivity contribution in [2.75, 3.05) is 0 Å². The monoisotopic (exact) mass is 469 g/mol. The van der Waals surface area contributed by atoms with Gasteiger partial charge in [0, 0.05) is 0 Å². The number of hydrogen-bond acceptors (Lipinski definition) is 5. The third kappa shape index (κ3) is 3.98. The van der Waals surface area contributed by atoms with Crippen molar-refractivity contribution in [3.63, 3.8) is 0 Å². The fourth-order valence-corrected chi connectivity index (χ4v) is 8.32. The number of fused-ring (bicyclic) bond motifs is 3. The molecule has 4 heterocycles. The van der Waals surface area contributed by atoms with E-state index in [1.54, 1.807) is 6.20 Å². The molecule has 2 N–H and O–H groups in total. The molecule has 2 aliphatic heterocycles. The van der Waals surface area contributed by atoms with Crippen molar-refractivity contribution >= 4 is 43.5 Å². The molecule has 2 saturated heterocycles. The molecule has 1 unspecified atom stereocenters. The number of piperidine rings is 1. The van der Waals surface area contributed by atoms with E-state index in [0.29, 0.717) is 17.3 Å². The van der Waals surface area contributed by atoms with Gasteiger partial charge in [-0.2, -0.15) is 0 Å². The molecule has 2 aromatic heterocycles. The molecular weight excluding hydrogens is 447 g/mol. The molecule has 8 heteroatoms. The zero-order chi connectivity index (χ0) is 19.8. The van der Waals surface area contributed by atoms with Gasteiger partial charge in [0.25, 0.3) is 0 Å². The summed E-state index contributed by atoms with van der Waals surface area (Å²) >= 11 is 1.73. The number of nitrogens with two attached hydrogens (primary N) is 1. The van der Waals surface area contributed by atoms with Crippen molar-refractivity contribution in [2.24, 2.45) is 5.73 Å². The Balaban J connectivity index is 1.17. The van der Waals surface area contributed by atoms with Crippen LogP contribution in [0.25, 0.3) is 10.3 Å². The molecule has 149 valence electrons. The van der Waals surface area contributed by atoms with Crippen LogP contribution in [0.15, 0.2) is 42.6 Å². The van der Waals surface area contributed by atoms with E-state index in [2.05, 4.69) is 22.1 Å². The molecule has 29 heavy (non-hydrogen) atoms. The number of hydrogen-bond donors (Lipinski definition) is 1. The fraction of sp³-hybridized carbons (Fsp3) is 0.381. The number of ether oxygens (including phenoxy) is 1. The summed E-state index contributed by atoms with van der Waals surface area (Å²) in [6.07, 6.45) is 6.25. The van der Waals surface area contributed by atoms with Crippen LogP contribution in [0.5, 0.6) is 10.9 Å². The van der Waals surface area contributed by atoms with Gasteiger partial charge >= 0.3 is 180 Å². The van der Waals surface area contributed by atoms with Crippen molar-refractivity contribution in [1.82, 2.24) is 14.9 Å². The van der Waals surface area contributed by atoms with Crippen molar-refractivity contribution in [1.29, 1.82) is 0 Å². The maximum atomic E-state index is 11.7. The summed E-state index contributed by atoms with van der Waals surface area (Å²) in [6.45, 7) is 0. The Morgan fingerprint density at radius 2 is 1.97 bits per heavy atom. The van der Waals surface area contributed by atoms with Crippen LogP contribution in [0.3, 0.4) is 0 Å². The van der Waals surface area contributed by atoms with E-state index in [1.165, 1.54) is 16.9 Å². The summed E-state index contributed by atoms with van der Waals surface area (Å²) in [7, 11) is 0. The van der Waals surface area contributed by atoms with E-state index in [4.69, 9.17) is 10.5 Å². The molecule has 2 amide bonds. The number of carbonyl (C=O) groups is 1. The van der Waals surface area contributed by atoms with Gasteiger partial charge in [-0.15, -0.1) is 0 Å². The summed E-state index contributed by atoms with van der Waals surface area (Å²) in [5.41, 5.74) is 7.65. The Labute approximate surface area is 180 Å². The molecule has 1 aromatic carbocycles. The van der Waals surface area contributed by atoms with Gasteiger partial charge in [-0.25, -0.2) is 0 Å². The number of benzene rings is 1. The van der Waals surface area contributed by atoms with Crippen LogP contribution in [-0.4, -0.2) is 48.7 Å². The Kier molecular flexibility index (Phi) is 5.18. The Hall–Kier alpha value is -2.11. The molecule has 2 aliphatic rings. The predicted molar refractivity (Wildman–Crippen MR) is 115 cm³/mol. The molecular formula is C21H22AsN4O2S. The van der Waals surface area contributed by atoms with E-state index in [0.717, 1.165) is 51.7 Å². The number of primary amides is 1. The van der Waals surface area contributed by atoms with Crippen LogP contribution in [-0.2, 0) is 5.21 Å². The quantitative estimate of drug-likeness (QED) is 0.569. The van der Waals surface area contributed by atoms with Crippen molar-refractivity contribution in [2.45, 2.75) is 47.7 Å². The van der Waals surface area contributed by atoms with E-state index < -0.39 is 0 Å². The van der Waals surface area contributed by atoms with Crippen molar-refractivity contribution in [3.05, 3.63) is 48.2 Å². The van der Waals surface area contributed by atoms with Crippen LogP contribution < -0.4 is 10.5 Å². The summed E-state index contributed by atoms with van der Waals surface area (Å²) in [4.78, 5) is 22.3. The van der Waals surface area contributed by atoms with Crippen LogP contribution in [0, 0.1) is 0 Å². The Bertz CT molecular complexity index is 978. The Morgan fingerprint density at radius 1 is 1.21 bits per heavy atom. The van der Waals surface area contributed by atoms with E-state index in [-0.39, 0.29) is 21.8 Å². The number of pyridine rings is 1. The average molecular weight is 469 g/mol. The van der Waals surface area contributed by atoms with Gasteiger partial charge in [-0.05, 0) is 0 Å². The summed E-state index contributed by atoms with van der Waals surface area (Å²) in [5.74, 6) is 0.803. The maximum absolute atomic E-state index is 11.7. The summed E-state index contributed by atoms with van der Waals surface area (Å²) < 4.78 is 7.71. The number of rotatable bonds is 5. The molecule has 0 aliphatic carbocycles. The third-order valence-electron chi connectivity index (χ3n) is 5.77. The van der Waals surface area contributed by atoms with E-state index >= 15 is 0 Å². The normalized spacial score (nSPS) is 23.9. The second-order valence-corrected chi connectivity index (χ2v) is 11.6. The zero-order valence-electron chi connectivity index (χ0n) is 15.9. The van der Waals surface area contributed by atoms with Crippen LogP contribution >= 0.6 is 11.3 Å². The van der Waals surface area contributed by atoms with E-state index in [1.807, 2.05) is 29.2 Å². The third-order valence-corrected chi connectivity index (χ3v) is 9.77. The van der Waals surface area contributed by atoms with Crippen molar-refractivity contribution in [3.8, 4) is 10.9 Å². The molecule has 1 radical (unpaired) electrons. The molecule has 3 atom stereocenters. The number of nitrogens with zero attached hydrogens (tertiary/aromatic N) is 3. The molecule has 6 nitrogen and oxygen atoms in total. The van der Waals surface area contributed by atoms with Gasteiger partial charge < -0.3 is 0 Å². The second kappa shape index (κ2) is 7.96. The molecule has 0 saturated carbocycles. The first-order valence-electron chi connectivity index (χ1n) is 9.88. The average Bonchev–Trinajstić information content (AvgIpc) is 3.25. The van der Waals surface area contributed by atoms with Crippen LogP contribution in [0.2, 0.25) is 4.71 Å². The first kappa shape index (κ1) is 18.9. The molecule has 3 aromatic rings. The van der Waals surface area contributed by atoms with Crippen LogP contribution in [0.4, 0.5) is 4.79 Å². The number of urea groups is 1. The molecule has 2 bridgehead atoms. The minimum absolute atomic E-state index is 0.222. The summed E-state index contributed by atoms with van der Waals surface area (Å²) in [5, 5.41) is 1.76. The van der Waals surface area contributed by atoms with Gasteiger partial charge in [0.15, 0.2) is 0 Å². The first-order chi connectivity index (χ1) is 14.2. The number of thiazole rings is 1. The number of carbonyl (C=O) groups excluding carboxylic acids is 1. The van der Waals surface area contributed by atoms with Gasteiger partial charge in [0.05, 0.1) is 0 Å². The van der Waals surface area contributed by atoms with Gasteiger partial charge in [-0.1, -0.05) is 0 Å². The Morgan fingerprint density at radius 3 is 2.66 bits per heavy atom. The standard InChI is InChI=1S/C21H22AsN4O2S/c23-20(27)26-15-5-6-16(26)11-14(10-15)22-12-13-3-7-17(8-4-13)28-21-25-19-18(29-21)2-1-9-24-19/h1-4,7-9,14-16H,5-6,10-12H2,(H2,23,27)/t14?,15-,16+. The fourth-order valence-electron chi connectivity index (χ4n) is 4.45. The number of amides is 2. The minimum atomic E-state index is -0.230. The van der Waals surface area contributed by atoms with Gasteiger partial charge in [0.2, 0.25) is 0 Å². The molecule has 5 rings (SSSR count). The van der Waals surface area contributed by atoms with Gasteiger partial charge in [0.1, 0.15) is 0 Å².